The maximum absolute atomic E-state index is 13.0. The Bertz CT molecular complexity index is 293. The smallest absolute Gasteiger partial charge is 0.142 e. The first-order chi connectivity index (χ1) is 6.75. The predicted octanol–water partition coefficient (Wildman–Crippen LogP) is 3.09. The molecule has 0 aromatic heterocycles. The summed E-state index contributed by atoms with van der Waals surface area (Å²) in [5.41, 5.74) is 0.814. The average Bonchev–Trinajstić information content (AvgIpc) is 2.19. The zero-order chi connectivity index (χ0) is 10.4. The second-order valence-electron chi connectivity index (χ2n) is 2.84. The van der Waals surface area contributed by atoms with Gasteiger partial charge in [0.1, 0.15) is 5.82 Å². The SMILES string of the molecule is OCCCSCc1cccc(F)c1Cl. The van der Waals surface area contributed by atoms with Crippen LogP contribution < -0.4 is 0 Å². The zero-order valence-electron chi connectivity index (χ0n) is 7.67. The Hall–Kier alpha value is -0.250. The molecule has 0 aliphatic carbocycles. The van der Waals surface area contributed by atoms with Gasteiger partial charge in [-0.25, -0.2) is 4.39 Å². The average molecular weight is 235 g/mol. The molecule has 0 saturated heterocycles. The molecule has 0 aliphatic heterocycles. The normalized spacial score (nSPS) is 10.5. The molecular formula is C10H12ClFOS. The van der Waals surface area contributed by atoms with Crippen molar-refractivity contribution in [1.29, 1.82) is 0 Å². The highest BCUT2D eigenvalue weighted by Gasteiger charge is 2.04. The highest BCUT2D eigenvalue weighted by atomic mass is 35.5. The fourth-order valence-electron chi connectivity index (χ4n) is 1.01. The van der Waals surface area contributed by atoms with Crippen molar-refractivity contribution in [3.8, 4) is 0 Å². The van der Waals surface area contributed by atoms with Crippen molar-refractivity contribution in [3.63, 3.8) is 0 Å². The highest BCUT2D eigenvalue weighted by Crippen LogP contribution is 2.23. The molecule has 0 atom stereocenters. The Labute approximate surface area is 92.3 Å². The van der Waals surface area contributed by atoms with E-state index in [0.717, 1.165) is 17.7 Å². The van der Waals surface area contributed by atoms with Gasteiger partial charge in [-0.2, -0.15) is 11.8 Å². The van der Waals surface area contributed by atoms with E-state index in [2.05, 4.69) is 0 Å². The van der Waals surface area contributed by atoms with Crippen LogP contribution in [0.15, 0.2) is 18.2 Å². The first-order valence-electron chi connectivity index (χ1n) is 4.37. The standard InChI is InChI=1S/C10H12ClFOS/c11-10-8(3-1-4-9(10)12)7-14-6-2-5-13/h1,3-4,13H,2,5-7H2. The van der Waals surface area contributed by atoms with Crippen molar-refractivity contribution in [2.45, 2.75) is 12.2 Å². The van der Waals surface area contributed by atoms with Crippen LogP contribution in [-0.2, 0) is 5.75 Å². The maximum atomic E-state index is 13.0. The van der Waals surface area contributed by atoms with Gasteiger partial charge in [-0.3, -0.25) is 0 Å². The summed E-state index contributed by atoms with van der Waals surface area (Å²) in [5.74, 6) is 1.19. The molecule has 78 valence electrons. The third-order valence-electron chi connectivity index (χ3n) is 1.74. The van der Waals surface area contributed by atoms with E-state index < -0.39 is 0 Å². The molecule has 1 aromatic carbocycles. The fourth-order valence-corrected chi connectivity index (χ4v) is 2.22. The minimum Gasteiger partial charge on any atom is -0.396 e. The van der Waals surface area contributed by atoms with Gasteiger partial charge in [0, 0.05) is 12.4 Å². The number of aliphatic hydroxyl groups excluding tert-OH is 1. The summed E-state index contributed by atoms with van der Waals surface area (Å²) in [6.45, 7) is 0.198. The minimum atomic E-state index is -0.369. The molecule has 0 heterocycles. The van der Waals surface area contributed by atoms with Crippen molar-refractivity contribution in [2.75, 3.05) is 12.4 Å². The van der Waals surface area contributed by atoms with Crippen molar-refractivity contribution in [2.24, 2.45) is 0 Å². The first-order valence-corrected chi connectivity index (χ1v) is 5.90. The van der Waals surface area contributed by atoms with E-state index in [0.29, 0.717) is 5.75 Å². The highest BCUT2D eigenvalue weighted by molar-refractivity contribution is 7.98. The summed E-state index contributed by atoms with van der Waals surface area (Å²) < 4.78 is 13.0. The lowest BCUT2D eigenvalue weighted by Crippen LogP contribution is -1.89. The van der Waals surface area contributed by atoms with E-state index in [1.807, 2.05) is 6.07 Å². The molecular weight excluding hydrogens is 223 g/mol. The van der Waals surface area contributed by atoms with E-state index in [1.165, 1.54) is 6.07 Å². The summed E-state index contributed by atoms with van der Waals surface area (Å²) in [7, 11) is 0. The van der Waals surface area contributed by atoms with Gasteiger partial charge in [0.25, 0.3) is 0 Å². The summed E-state index contributed by atoms with van der Waals surface area (Å²) in [6, 6.07) is 4.82. The van der Waals surface area contributed by atoms with Crippen LogP contribution in [0.25, 0.3) is 0 Å². The van der Waals surface area contributed by atoms with Gasteiger partial charge in [-0.15, -0.1) is 0 Å². The quantitative estimate of drug-likeness (QED) is 0.791. The molecule has 4 heteroatoms. The van der Waals surface area contributed by atoms with E-state index in [1.54, 1.807) is 17.8 Å². The van der Waals surface area contributed by atoms with Crippen molar-refractivity contribution >= 4 is 23.4 Å². The summed E-state index contributed by atoms with van der Waals surface area (Å²) >= 11 is 7.41. The second-order valence-corrected chi connectivity index (χ2v) is 4.33. The van der Waals surface area contributed by atoms with Crippen LogP contribution in [-0.4, -0.2) is 17.5 Å². The molecule has 0 spiro atoms. The molecule has 0 bridgehead atoms. The van der Waals surface area contributed by atoms with Crippen LogP contribution in [0, 0.1) is 5.82 Å². The number of aliphatic hydroxyl groups is 1. The second kappa shape index (κ2) is 6.27. The molecule has 0 fully saturated rings. The van der Waals surface area contributed by atoms with E-state index in [4.69, 9.17) is 16.7 Å². The minimum absolute atomic E-state index is 0.198. The lowest BCUT2D eigenvalue weighted by molar-refractivity contribution is 0.296. The van der Waals surface area contributed by atoms with Crippen LogP contribution in [0.1, 0.15) is 12.0 Å². The molecule has 0 unspecified atom stereocenters. The number of thioether (sulfide) groups is 1. The Balaban J connectivity index is 2.46. The number of hydrogen-bond donors (Lipinski definition) is 1. The number of hydrogen-bond acceptors (Lipinski definition) is 2. The molecule has 1 aromatic rings. The van der Waals surface area contributed by atoms with Gasteiger partial charge in [-0.05, 0) is 23.8 Å². The topological polar surface area (TPSA) is 20.2 Å². The first kappa shape index (κ1) is 11.8. The summed E-state index contributed by atoms with van der Waals surface area (Å²) in [4.78, 5) is 0. The van der Waals surface area contributed by atoms with Crippen LogP contribution in [0.5, 0.6) is 0 Å². The maximum Gasteiger partial charge on any atom is 0.142 e. The van der Waals surface area contributed by atoms with Crippen molar-refractivity contribution in [1.82, 2.24) is 0 Å². The Morgan fingerprint density at radius 1 is 1.43 bits per heavy atom. The largest absolute Gasteiger partial charge is 0.396 e. The van der Waals surface area contributed by atoms with Crippen LogP contribution >= 0.6 is 23.4 Å². The van der Waals surface area contributed by atoms with Gasteiger partial charge >= 0.3 is 0 Å². The van der Waals surface area contributed by atoms with Gasteiger partial charge in [0.05, 0.1) is 5.02 Å². The van der Waals surface area contributed by atoms with Gasteiger partial charge < -0.3 is 5.11 Å². The third kappa shape index (κ3) is 3.48. The van der Waals surface area contributed by atoms with E-state index in [-0.39, 0.29) is 17.4 Å². The predicted molar refractivity (Wildman–Crippen MR) is 59.3 cm³/mol. The molecule has 14 heavy (non-hydrogen) atoms. The Morgan fingerprint density at radius 2 is 2.21 bits per heavy atom. The summed E-state index contributed by atoms with van der Waals surface area (Å²) in [6.07, 6.45) is 0.762. The van der Waals surface area contributed by atoms with Crippen LogP contribution in [0.2, 0.25) is 5.02 Å². The number of halogens is 2. The van der Waals surface area contributed by atoms with Crippen molar-refractivity contribution < 1.29 is 9.50 Å². The molecule has 0 aliphatic rings. The number of benzene rings is 1. The molecule has 0 amide bonds. The fraction of sp³-hybridized carbons (Fsp3) is 0.400. The van der Waals surface area contributed by atoms with Gasteiger partial charge in [0.2, 0.25) is 0 Å². The number of rotatable bonds is 5. The zero-order valence-corrected chi connectivity index (χ0v) is 9.24. The lowest BCUT2D eigenvalue weighted by atomic mass is 10.2. The molecule has 1 nitrogen and oxygen atoms in total. The molecule has 0 radical (unpaired) electrons. The van der Waals surface area contributed by atoms with Crippen LogP contribution in [0.3, 0.4) is 0 Å². The van der Waals surface area contributed by atoms with Crippen molar-refractivity contribution in [3.05, 3.63) is 34.6 Å². The lowest BCUT2D eigenvalue weighted by Gasteiger charge is -2.04. The molecule has 1 N–H and O–H groups in total. The van der Waals surface area contributed by atoms with Gasteiger partial charge in [-0.1, -0.05) is 23.7 Å². The Kier molecular flexibility index (Phi) is 5.30. The molecule has 0 saturated carbocycles. The monoisotopic (exact) mass is 234 g/mol. The Morgan fingerprint density at radius 3 is 2.93 bits per heavy atom. The molecule has 1 rings (SSSR count). The van der Waals surface area contributed by atoms with Crippen LogP contribution in [0.4, 0.5) is 4.39 Å². The third-order valence-corrected chi connectivity index (χ3v) is 3.25. The summed E-state index contributed by atoms with van der Waals surface area (Å²) in [5, 5.41) is 8.77. The van der Waals surface area contributed by atoms with Gasteiger partial charge in [0.15, 0.2) is 0 Å². The van der Waals surface area contributed by atoms with E-state index in [9.17, 15) is 4.39 Å². The van der Waals surface area contributed by atoms with E-state index >= 15 is 0 Å².